The number of aliphatic hydroxyl groups is 1. The lowest BCUT2D eigenvalue weighted by molar-refractivity contribution is 0.199. The summed E-state index contributed by atoms with van der Waals surface area (Å²) in [6, 6.07) is 13.9. The number of benzene rings is 2. The lowest BCUT2D eigenvalue weighted by atomic mass is 9.86. The van der Waals surface area contributed by atoms with Crippen molar-refractivity contribution in [2.75, 3.05) is 0 Å². The molecule has 0 unspecified atom stereocenters. The molecule has 1 atom stereocenters. The summed E-state index contributed by atoms with van der Waals surface area (Å²) in [5.41, 5.74) is 3.29. The smallest absolute Gasteiger partial charge is 0.131 e. The Kier molecular flexibility index (Phi) is 4.38. The molecule has 2 aromatic rings. The molecule has 21 heavy (non-hydrogen) atoms. The zero-order valence-electron chi connectivity index (χ0n) is 13.5. The predicted molar refractivity (Wildman–Crippen MR) is 87.0 cm³/mol. The van der Waals surface area contributed by atoms with Crippen molar-refractivity contribution in [3.05, 3.63) is 59.2 Å². The Morgan fingerprint density at radius 1 is 1.00 bits per heavy atom. The van der Waals surface area contributed by atoms with Gasteiger partial charge in [-0.2, -0.15) is 0 Å². The Hall–Kier alpha value is -1.80. The van der Waals surface area contributed by atoms with Gasteiger partial charge >= 0.3 is 0 Å². The highest BCUT2D eigenvalue weighted by atomic mass is 16.5. The maximum atomic E-state index is 9.55. The van der Waals surface area contributed by atoms with Crippen molar-refractivity contribution in [1.29, 1.82) is 0 Å². The molecule has 0 fully saturated rings. The molecule has 2 aromatic carbocycles. The Bertz CT molecular complexity index is 604. The predicted octanol–water partition coefficient (Wildman–Crippen LogP) is 5.14. The summed E-state index contributed by atoms with van der Waals surface area (Å²) in [5, 5.41) is 9.55. The molecule has 2 heteroatoms. The Balaban J connectivity index is 2.32. The number of hydrogen-bond donors (Lipinski definition) is 1. The molecule has 0 amide bonds. The van der Waals surface area contributed by atoms with Crippen LogP contribution in [-0.2, 0) is 5.41 Å². The van der Waals surface area contributed by atoms with Crippen molar-refractivity contribution in [2.24, 2.45) is 0 Å². The van der Waals surface area contributed by atoms with Crippen LogP contribution in [-0.4, -0.2) is 5.11 Å². The third-order valence-corrected chi connectivity index (χ3v) is 3.54. The van der Waals surface area contributed by atoms with E-state index < -0.39 is 6.10 Å². The van der Waals surface area contributed by atoms with Crippen LogP contribution < -0.4 is 4.74 Å². The Morgan fingerprint density at radius 2 is 1.62 bits per heavy atom. The first-order valence-electron chi connectivity index (χ1n) is 7.34. The topological polar surface area (TPSA) is 29.5 Å². The van der Waals surface area contributed by atoms with Crippen molar-refractivity contribution in [3.63, 3.8) is 0 Å². The van der Waals surface area contributed by atoms with Gasteiger partial charge in [-0.3, -0.25) is 0 Å². The number of ether oxygens (including phenoxy) is 1. The lowest BCUT2D eigenvalue weighted by Crippen LogP contribution is -2.12. The van der Waals surface area contributed by atoms with Gasteiger partial charge in [0.25, 0.3) is 0 Å². The summed E-state index contributed by atoms with van der Waals surface area (Å²) in [7, 11) is 0. The zero-order valence-corrected chi connectivity index (χ0v) is 13.5. The second kappa shape index (κ2) is 5.90. The van der Waals surface area contributed by atoms with E-state index in [-0.39, 0.29) is 5.41 Å². The van der Waals surface area contributed by atoms with Gasteiger partial charge in [0, 0.05) is 5.56 Å². The Labute approximate surface area is 127 Å². The summed E-state index contributed by atoms with van der Waals surface area (Å²) in [5.74, 6) is 1.68. The van der Waals surface area contributed by atoms with Gasteiger partial charge < -0.3 is 9.84 Å². The number of aryl methyl sites for hydroxylation is 1. The summed E-state index contributed by atoms with van der Waals surface area (Å²) in [6.07, 6.45) is -0.455. The molecule has 0 aliphatic heterocycles. The average Bonchev–Trinajstić information content (AvgIpc) is 2.38. The van der Waals surface area contributed by atoms with Crippen LogP contribution in [0.25, 0.3) is 0 Å². The molecular formula is C19H24O2. The standard InChI is InChI=1S/C19H24O2/c1-13-6-11-17(19(3,4)5)18(12-13)21-16-9-7-15(8-10-16)14(2)20/h6-12,14,20H,1-5H3/t14-/m0/s1. The first-order chi connectivity index (χ1) is 9.77. The van der Waals surface area contributed by atoms with Crippen LogP contribution in [0.1, 0.15) is 50.5 Å². The molecule has 0 radical (unpaired) electrons. The van der Waals surface area contributed by atoms with Gasteiger partial charge in [0.1, 0.15) is 11.5 Å². The highest BCUT2D eigenvalue weighted by Crippen LogP contribution is 2.35. The number of hydrogen-bond acceptors (Lipinski definition) is 2. The SMILES string of the molecule is Cc1ccc(C(C)(C)C)c(Oc2ccc([C@H](C)O)cc2)c1. The zero-order chi connectivity index (χ0) is 15.6. The van der Waals surface area contributed by atoms with Gasteiger partial charge in [0.2, 0.25) is 0 Å². The molecule has 0 heterocycles. The van der Waals surface area contributed by atoms with Crippen molar-refractivity contribution >= 4 is 0 Å². The van der Waals surface area contributed by atoms with E-state index in [1.54, 1.807) is 6.92 Å². The van der Waals surface area contributed by atoms with Crippen LogP contribution in [0.15, 0.2) is 42.5 Å². The minimum absolute atomic E-state index is 0.0303. The minimum atomic E-state index is -0.455. The normalized spacial score (nSPS) is 13.0. The molecule has 0 aliphatic carbocycles. The largest absolute Gasteiger partial charge is 0.457 e. The van der Waals surface area contributed by atoms with Gasteiger partial charge in [-0.05, 0) is 48.6 Å². The first kappa shape index (κ1) is 15.6. The molecule has 0 aromatic heterocycles. The van der Waals surface area contributed by atoms with Gasteiger partial charge in [0.05, 0.1) is 6.10 Å². The Morgan fingerprint density at radius 3 is 2.14 bits per heavy atom. The first-order valence-corrected chi connectivity index (χ1v) is 7.34. The minimum Gasteiger partial charge on any atom is -0.457 e. The van der Waals surface area contributed by atoms with E-state index in [9.17, 15) is 5.11 Å². The van der Waals surface area contributed by atoms with Crippen molar-refractivity contribution in [3.8, 4) is 11.5 Å². The van der Waals surface area contributed by atoms with Crippen molar-refractivity contribution in [2.45, 2.75) is 46.1 Å². The molecule has 0 saturated heterocycles. The molecule has 2 nitrogen and oxygen atoms in total. The summed E-state index contributed by atoms with van der Waals surface area (Å²) < 4.78 is 6.07. The molecule has 1 N–H and O–H groups in total. The fraction of sp³-hybridized carbons (Fsp3) is 0.368. The van der Waals surface area contributed by atoms with E-state index in [0.29, 0.717) is 0 Å². The molecule has 112 valence electrons. The van der Waals surface area contributed by atoms with Crippen LogP contribution in [0.5, 0.6) is 11.5 Å². The summed E-state index contributed by atoms with van der Waals surface area (Å²) in [4.78, 5) is 0. The van der Waals surface area contributed by atoms with Crippen LogP contribution >= 0.6 is 0 Å². The van der Waals surface area contributed by atoms with E-state index >= 15 is 0 Å². The van der Waals surface area contributed by atoms with Crippen LogP contribution in [0.2, 0.25) is 0 Å². The number of aliphatic hydroxyl groups excluding tert-OH is 1. The van der Waals surface area contributed by atoms with Crippen LogP contribution in [0, 0.1) is 6.92 Å². The average molecular weight is 284 g/mol. The number of rotatable bonds is 3. The van der Waals surface area contributed by atoms with Gasteiger partial charge in [0.15, 0.2) is 0 Å². The van der Waals surface area contributed by atoms with Crippen molar-refractivity contribution < 1.29 is 9.84 Å². The van der Waals surface area contributed by atoms with Gasteiger partial charge in [-0.15, -0.1) is 0 Å². The fourth-order valence-electron chi connectivity index (χ4n) is 2.27. The van der Waals surface area contributed by atoms with Crippen LogP contribution in [0.3, 0.4) is 0 Å². The van der Waals surface area contributed by atoms with E-state index in [2.05, 4.69) is 45.9 Å². The molecule has 2 rings (SSSR count). The van der Waals surface area contributed by atoms with Crippen LogP contribution in [0.4, 0.5) is 0 Å². The molecule has 0 saturated carbocycles. The second-order valence-corrected chi connectivity index (χ2v) is 6.60. The lowest BCUT2D eigenvalue weighted by Gasteiger charge is -2.23. The van der Waals surface area contributed by atoms with Gasteiger partial charge in [-0.1, -0.05) is 45.0 Å². The van der Waals surface area contributed by atoms with E-state index in [1.165, 1.54) is 11.1 Å². The highest BCUT2D eigenvalue weighted by Gasteiger charge is 2.19. The monoisotopic (exact) mass is 284 g/mol. The highest BCUT2D eigenvalue weighted by molar-refractivity contribution is 5.44. The van der Waals surface area contributed by atoms with E-state index in [0.717, 1.165) is 17.1 Å². The fourth-order valence-corrected chi connectivity index (χ4v) is 2.27. The van der Waals surface area contributed by atoms with E-state index in [1.807, 2.05) is 24.3 Å². The molecule has 0 spiro atoms. The quantitative estimate of drug-likeness (QED) is 0.845. The second-order valence-electron chi connectivity index (χ2n) is 6.60. The third-order valence-electron chi connectivity index (χ3n) is 3.54. The van der Waals surface area contributed by atoms with Crippen molar-refractivity contribution in [1.82, 2.24) is 0 Å². The maximum absolute atomic E-state index is 9.55. The van der Waals surface area contributed by atoms with E-state index in [4.69, 9.17) is 4.74 Å². The molecular weight excluding hydrogens is 260 g/mol. The summed E-state index contributed by atoms with van der Waals surface area (Å²) >= 11 is 0. The molecule has 0 aliphatic rings. The third kappa shape index (κ3) is 3.85. The molecule has 0 bridgehead atoms. The summed E-state index contributed by atoms with van der Waals surface area (Å²) in [6.45, 7) is 10.4. The maximum Gasteiger partial charge on any atom is 0.131 e. The van der Waals surface area contributed by atoms with Gasteiger partial charge in [-0.25, -0.2) is 0 Å².